The summed E-state index contributed by atoms with van der Waals surface area (Å²) >= 11 is 0. The van der Waals surface area contributed by atoms with Gasteiger partial charge in [-0.25, -0.2) is 4.79 Å². The van der Waals surface area contributed by atoms with E-state index in [4.69, 9.17) is 4.74 Å². The van der Waals surface area contributed by atoms with Crippen LogP contribution in [0.2, 0.25) is 0 Å². The smallest absolute Gasteiger partial charge is 0.409 e. The van der Waals surface area contributed by atoms with Crippen LogP contribution >= 0.6 is 0 Å². The van der Waals surface area contributed by atoms with E-state index in [1.165, 1.54) is 12.7 Å². The molecule has 1 aromatic carbocycles. The molecule has 28 heavy (non-hydrogen) atoms. The van der Waals surface area contributed by atoms with Crippen molar-refractivity contribution in [3.05, 3.63) is 34.4 Å². The van der Waals surface area contributed by atoms with Crippen molar-refractivity contribution in [3.63, 3.8) is 0 Å². The Hall–Kier alpha value is -2.17. The summed E-state index contributed by atoms with van der Waals surface area (Å²) in [4.78, 5) is 13.7. The van der Waals surface area contributed by atoms with Crippen LogP contribution in [0.15, 0.2) is 17.7 Å². The number of aromatic hydroxyl groups is 2. The van der Waals surface area contributed by atoms with Crippen molar-refractivity contribution in [3.8, 4) is 11.5 Å². The molecule has 0 heterocycles. The first kappa shape index (κ1) is 22.1. The molecule has 1 atom stereocenters. The zero-order valence-electron chi connectivity index (χ0n) is 17.8. The van der Waals surface area contributed by atoms with Crippen LogP contribution in [0.3, 0.4) is 0 Å². The number of nitrogens with zero attached hydrogens (tertiary/aromatic N) is 1. The molecule has 2 N–H and O–H groups in total. The van der Waals surface area contributed by atoms with Crippen LogP contribution in [0, 0.1) is 0 Å². The fourth-order valence-corrected chi connectivity index (χ4v) is 4.06. The van der Waals surface area contributed by atoms with Crippen LogP contribution in [0.4, 0.5) is 4.79 Å². The van der Waals surface area contributed by atoms with Gasteiger partial charge >= 0.3 is 6.09 Å². The first-order valence-corrected chi connectivity index (χ1v) is 10.5. The van der Waals surface area contributed by atoms with Crippen LogP contribution in [0.25, 0.3) is 0 Å². The maximum absolute atomic E-state index is 12.1. The lowest BCUT2D eigenvalue weighted by atomic mass is 9.83. The summed E-state index contributed by atoms with van der Waals surface area (Å²) in [6.07, 6.45) is 8.68. The predicted octanol–water partition coefficient (Wildman–Crippen LogP) is 5.63. The van der Waals surface area contributed by atoms with E-state index < -0.39 is 6.09 Å². The summed E-state index contributed by atoms with van der Waals surface area (Å²) in [6, 6.07) is 1.79. The van der Waals surface area contributed by atoms with Gasteiger partial charge in [-0.05, 0) is 57.6 Å². The number of carbonyl (C=O) groups excluding carboxylic acids is 1. The van der Waals surface area contributed by atoms with E-state index in [2.05, 4.69) is 19.9 Å². The van der Waals surface area contributed by atoms with E-state index in [1.54, 1.807) is 11.0 Å². The molecular weight excluding hydrogens is 354 g/mol. The molecule has 1 aliphatic rings. The Bertz CT molecular complexity index is 711. The fourth-order valence-electron chi connectivity index (χ4n) is 4.06. The lowest BCUT2D eigenvalue weighted by Crippen LogP contribution is -2.30. The van der Waals surface area contributed by atoms with Gasteiger partial charge < -0.3 is 19.8 Å². The number of allylic oxidation sites excluding steroid dienone is 2. The Morgan fingerprint density at radius 1 is 1.29 bits per heavy atom. The third kappa shape index (κ3) is 5.21. The van der Waals surface area contributed by atoms with Gasteiger partial charge in [0.2, 0.25) is 0 Å². The van der Waals surface area contributed by atoms with Gasteiger partial charge in [-0.2, -0.15) is 0 Å². The zero-order chi connectivity index (χ0) is 20.7. The molecule has 1 unspecified atom stereocenters. The molecule has 156 valence electrons. The number of methoxy groups -OCH3 is 1. The highest BCUT2D eigenvalue weighted by Gasteiger charge is 2.26. The Balaban J connectivity index is 2.48. The topological polar surface area (TPSA) is 70.0 Å². The molecule has 0 radical (unpaired) electrons. The van der Waals surface area contributed by atoms with Gasteiger partial charge in [0.25, 0.3) is 0 Å². The number of phenols is 2. The molecule has 0 aliphatic heterocycles. The van der Waals surface area contributed by atoms with Gasteiger partial charge in [-0.15, -0.1) is 0 Å². The Morgan fingerprint density at radius 3 is 2.64 bits per heavy atom. The van der Waals surface area contributed by atoms with Crippen LogP contribution in [0.5, 0.6) is 11.5 Å². The number of aryl methyl sites for hydroxylation is 1. The maximum atomic E-state index is 12.1. The number of rotatable bonds is 8. The van der Waals surface area contributed by atoms with Crippen molar-refractivity contribution < 1.29 is 19.7 Å². The summed E-state index contributed by atoms with van der Waals surface area (Å²) in [5.41, 5.74) is 3.52. The van der Waals surface area contributed by atoms with Crippen molar-refractivity contribution >= 4 is 6.09 Å². The zero-order valence-corrected chi connectivity index (χ0v) is 17.8. The molecule has 2 rings (SSSR count). The lowest BCUT2D eigenvalue weighted by Gasteiger charge is -2.26. The highest BCUT2D eigenvalue weighted by atomic mass is 16.5. The second kappa shape index (κ2) is 10.4. The van der Waals surface area contributed by atoms with Gasteiger partial charge in [-0.3, -0.25) is 0 Å². The third-order valence-corrected chi connectivity index (χ3v) is 5.67. The van der Waals surface area contributed by atoms with Gasteiger partial charge in [0.15, 0.2) is 0 Å². The van der Waals surface area contributed by atoms with E-state index in [-0.39, 0.29) is 24.0 Å². The number of amides is 1. The minimum atomic E-state index is -0.413. The number of unbranched alkanes of at least 4 members (excludes halogenated alkanes) is 2. The highest BCUT2D eigenvalue weighted by Crippen LogP contribution is 2.44. The van der Waals surface area contributed by atoms with Gasteiger partial charge in [0, 0.05) is 23.6 Å². The highest BCUT2D eigenvalue weighted by molar-refractivity contribution is 5.68. The van der Waals surface area contributed by atoms with Crippen LogP contribution in [0.1, 0.15) is 81.9 Å². The Labute approximate surface area is 169 Å². The molecule has 0 aromatic heterocycles. The number of benzene rings is 1. The largest absolute Gasteiger partial charge is 0.507 e. The standard InChI is InChI=1S/C23H35NO4/c1-5-7-8-11-17-14-20(25)21(18-12-9-10-16(3)13-18)22(26)19(17)15-24(6-2)23(27)28-4/h13-14,18,25-26H,5-12,15H2,1-4H3. The monoisotopic (exact) mass is 389 g/mol. The third-order valence-electron chi connectivity index (χ3n) is 5.67. The average molecular weight is 390 g/mol. The molecule has 5 heteroatoms. The minimum Gasteiger partial charge on any atom is -0.507 e. The Kier molecular flexibility index (Phi) is 8.21. The van der Waals surface area contributed by atoms with E-state index in [9.17, 15) is 15.0 Å². The van der Waals surface area contributed by atoms with Gasteiger partial charge in [0.1, 0.15) is 11.5 Å². The normalized spacial score (nSPS) is 16.6. The number of hydrogen-bond donors (Lipinski definition) is 2. The summed E-state index contributed by atoms with van der Waals surface area (Å²) in [7, 11) is 1.37. The summed E-state index contributed by atoms with van der Waals surface area (Å²) < 4.78 is 4.88. The molecule has 0 spiro atoms. The van der Waals surface area contributed by atoms with E-state index in [1.807, 2.05) is 6.92 Å². The SMILES string of the molecule is CCCCCc1cc(O)c(C2C=C(C)CCC2)c(O)c1CN(CC)C(=O)OC. The lowest BCUT2D eigenvalue weighted by molar-refractivity contribution is 0.123. The molecule has 1 aromatic rings. The average Bonchev–Trinajstić information content (AvgIpc) is 2.67. The summed E-state index contributed by atoms with van der Waals surface area (Å²) in [6.45, 7) is 6.89. The second-order valence-electron chi connectivity index (χ2n) is 7.75. The molecule has 0 saturated carbocycles. The van der Waals surface area contributed by atoms with Gasteiger partial charge in [0.05, 0.1) is 13.7 Å². The van der Waals surface area contributed by atoms with Gasteiger partial charge in [-0.1, -0.05) is 31.4 Å². The molecule has 1 amide bonds. The van der Waals surface area contributed by atoms with Crippen molar-refractivity contribution in [2.45, 2.75) is 78.2 Å². The number of ether oxygens (including phenoxy) is 1. The predicted molar refractivity (Wildman–Crippen MR) is 112 cm³/mol. The number of phenolic OH excluding ortho intramolecular Hbond substituents is 2. The molecule has 0 saturated heterocycles. The maximum Gasteiger partial charge on any atom is 0.409 e. The van der Waals surface area contributed by atoms with E-state index in [0.717, 1.165) is 56.1 Å². The van der Waals surface area contributed by atoms with Crippen molar-refractivity contribution in [2.75, 3.05) is 13.7 Å². The first-order valence-electron chi connectivity index (χ1n) is 10.5. The van der Waals surface area contributed by atoms with Crippen molar-refractivity contribution in [1.29, 1.82) is 0 Å². The number of carbonyl (C=O) groups is 1. The first-order chi connectivity index (χ1) is 13.4. The van der Waals surface area contributed by atoms with Crippen molar-refractivity contribution in [2.24, 2.45) is 0 Å². The molecule has 5 nitrogen and oxygen atoms in total. The molecular formula is C23H35NO4. The number of hydrogen-bond acceptors (Lipinski definition) is 4. The fraction of sp³-hybridized carbons (Fsp3) is 0.609. The molecule has 1 aliphatic carbocycles. The quantitative estimate of drug-likeness (QED) is 0.446. The summed E-state index contributed by atoms with van der Waals surface area (Å²) in [5, 5.41) is 21.9. The summed E-state index contributed by atoms with van der Waals surface area (Å²) in [5.74, 6) is 0.292. The van der Waals surface area contributed by atoms with Crippen molar-refractivity contribution in [1.82, 2.24) is 4.90 Å². The van der Waals surface area contributed by atoms with E-state index >= 15 is 0 Å². The molecule has 0 bridgehead atoms. The second-order valence-corrected chi connectivity index (χ2v) is 7.75. The van der Waals surface area contributed by atoms with Crippen LogP contribution in [-0.2, 0) is 17.7 Å². The molecule has 0 fully saturated rings. The van der Waals surface area contributed by atoms with Crippen LogP contribution < -0.4 is 0 Å². The van der Waals surface area contributed by atoms with E-state index in [0.29, 0.717) is 12.1 Å². The Morgan fingerprint density at radius 2 is 2.04 bits per heavy atom. The minimum absolute atomic E-state index is 0.00500. The van der Waals surface area contributed by atoms with Crippen LogP contribution in [-0.4, -0.2) is 34.9 Å².